The molecular formula is C11H19N3O2. The highest BCUT2D eigenvalue weighted by Gasteiger charge is 2.04. The van der Waals surface area contributed by atoms with Gasteiger partial charge >= 0.3 is 0 Å². The Morgan fingerprint density at radius 2 is 2.31 bits per heavy atom. The number of nitrogens with zero attached hydrogens (tertiary/aromatic N) is 1. The molecular weight excluding hydrogens is 206 g/mol. The Bertz CT molecular complexity index is 374. The zero-order valence-corrected chi connectivity index (χ0v) is 10.0. The van der Waals surface area contributed by atoms with Crippen LogP contribution in [0.4, 0.5) is 0 Å². The molecule has 1 heterocycles. The lowest BCUT2D eigenvalue weighted by Crippen LogP contribution is -2.22. The number of ether oxygens (including phenoxy) is 1. The molecule has 0 atom stereocenters. The number of H-pyrrole nitrogens is 1. The van der Waals surface area contributed by atoms with Crippen molar-refractivity contribution in [2.24, 2.45) is 0 Å². The van der Waals surface area contributed by atoms with Gasteiger partial charge in [0.1, 0.15) is 5.82 Å². The van der Waals surface area contributed by atoms with E-state index in [0.29, 0.717) is 13.2 Å². The van der Waals surface area contributed by atoms with Crippen LogP contribution < -0.4 is 10.9 Å². The average Bonchev–Trinajstić information content (AvgIpc) is 2.23. The summed E-state index contributed by atoms with van der Waals surface area (Å²) in [6.07, 6.45) is 0. The number of aromatic nitrogens is 2. The quantitative estimate of drug-likeness (QED) is 0.697. The number of hydrogen-bond acceptors (Lipinski definition) is 4. The first-order chi connectivity index (χ1) is 7.63. The fourth-order valence-electron chi connectivity index (χ4n) is 1.28. The smallest absolute Gasteiger partial charge is 0.251 e. The molecule has 1 aromatic rings. The molecule has 5 nitrogen and oxygen atoms in total. The van der Waals surface area contributed by atoms with Gasteiger partial charge in [-0.05, 0) is 0 Å². The van der Waals surface area contributed by atoms with E-state index >= 15 is 0 Å². The van der Waals surface area contributed by atoms with Crippen molar-refractivity contribution in [3.05, 3.63) is 27.9 Å². The van der Waals surface area contributed by atoms with E-state index in [1.165, 1.54) is 6.07 Å². The average molecular weight is 225 g/mol. The van der Waals surface area contributed by atoms with Crippen molar-refractivity contribution in [3.8, 4) is 0 Å². The molecule has 2 N–H and O–H groups in total. The van der Waals surface area contributed by atoms with Crippen LogP contribution in [-0.4, -0.2) is 30.2 Å². The predicted octanol–water partition coefficient (Wildman–Crippen LogP) is 0.629. The van der Waals surface area contributed by atoms with Crippen molar-refractivity contribution >= 4 is 0 Å². The van der Waals surface area contributed by atoms with E-state index in [-0.39, 0.29) is 11.5 Å². The van der Waals surface area contributed by atoms with Gasteiger partial charge in [0.05, 0.1) is 12.3 Å². The summed E-state index contributed by atoms with van der Waals surface area (Å²) in [5, 5.41) is 3.16. The standard InChI is InChI=1S/C11H19N3O2/c1-8(2)11-13-9(6-10(15)14-11)7-12-4-5-16-3/h6,8,12H,4-5,7H2,1-3H3,(H,13,14,15). The Hall–Kier alpha value is -1.20. The molecule has 0 amide bonds. The van der Waals surface area contributed by atoms with Crippen LogP contribution in [0.25, 0.3) is 0 Å². The first-order valence-corrected chi connectivity index (χ1v) is 5.43. The second-order valence-corrected chi connectivity index (χ2v) is 3.95. The molecule has 0 aliphatic carbocycles. The van der Waals surface area contributed by atoms with Crippen LogP contribution in [0.3, 0.4) is 0 Å². The lowest BCUT2D eigenvalue weighted by atomic mass is 10.2. The summed E-state index contributed by atoms with van der Waals surface area (Å²) < 4.78 is 4.91. The molecule has 90 valence electrons. The van der Waals surface area contributed by atoms with Crippen LogP contribution in [0, 0.1) is 0 Å². The summed E-state index contributed by atoms with van der Waals surface area (Å²) in [5.74, 6) is 0.961. The largest absolute Gasteiger partial charge is 0.383 e. The van der Waals surface area contributed by atoms with Crippen LogP contribution in [0.2, 0.25) is 0 Å². The topological polar surface area (TPSA) is 67.0 Å². The van der Waals surface area contributed by atoms with Gasteiger partial charge in [-0.15, -0.1) is 0 Å². The first kappa shape index (κ1) is 12.9. The lowest BCUT2D eigenvalue weighted by Gasteiger charge is -2.07. The normalized spacial score (nSPS) is 11.0. The number of aromatic amines is 1. The van der Waals surface area contributed by atoms with Crippen molar-refractivity contribution in [3.63, 3.8) is 0 Å². The second-order valence-electron chi connectivity index (χ2n) is 3.95. The molecule has 0 saturated heterocycles. The SMILES string of the molecule is COCCNCc1cc(=O)[nH]c(C(C)C)n1. The molecule has 0 aromatic carbocycles. The number of hydrogen-bond donors (Lipinski definition) is 2. The van der Waals surface area contributed by atoms with Gasteiger partial charge in [-0.3, -0.25) is 4.79 Å². The van der Waals surface area contributed by atoms with Gasteiger partial charge in [-0.25, -0.2) is 4.98 Å². The van der Waals surface area contributed by atoms with Gasteiger partial charge in [0.2, 0.25) is 0 Å². The van der Waals surface area contributed by atoms with Crippen LogP contribution in [0.15, 0.2) is 10.9 Å². The lowest BCUT2D eigenvalue weighted by molar-refractivity contribution is 0.199. The molecule has 0 radical (unpaired) electrons. The first-order valence-electron chi connectivity index (χ1n) is 5.43. The maximum absolute atomic E-state index is 11.4. The van der Waals surface area contributed by atoms with Crippen molar-refractivity contribution in [2.45, 2.75) is 26.3 Å². The molecule has 0 spiro atoms. The fraction of sp³-hybridized carbons (Fsp3) is 0.636. The molecule has 0 unspecified atom stereocenters. The van der Waals surface area contributed by atoms with Gasteiger partial charge in [0, 0.05) is 32.2 Å². The van der Waals surface area contributed by atoms with Gasteiger partial charge in [-0.2, -0.15) is 0 Å². The molecule has 16 heavy (non-hydrogen) atoms. The molecule has 1 aromatic heterocycles. The minimum atomic E-state index is -0.0951. The Morgan fingerprint density at radius 1 is 1.56 bits per heavy atom. The Morgan fingerprint density at radius 3 is 2.94 bits per heavy atom. The van der Waals surface area contributed by atoms with E-state index in [9.17, 15) is 4.79 Å². The highest BCUT2D eigenvalue weighted by atomic mass is 16.5. The van der Waals surface area contributed by atoms with E-state index in [4.69, 9.17) is 4.74 Å². The molecule has 0 bridgehead atoms. The van der Waals surface area contributed by atoms with Crippen molar-refractivity contribution in [1.82, 2.24) is 15.3 Å². The fourth-order valence-corrected chi connectivity index (χ4v) is 1.28. The summed E-state index contributed by atoms with van der Waals surface area (Å²) in [4.78, 5) is 18.5. The molecule has 1 rings (SSSR count). The van der Waals surface area contributed by atoms with Gasteiger partial charge in [-0.1, -0.05) is 13.8 Å². The minimum Gasteiger partial charge on any atom is -0.383 e. The predicted molar refractivity (Wildman–Crippen MR) is 62.5 cm³/mol. The summed E-state index contributed by atoms with van der Waals surface area (Å²) in [6, 6.07) is 1.52. The van der Waals surface area contributed by atoms with Crippen LogP contribution in [-0.2, 0) is 11.3 Å². The Labute approximate surface area is 95.3 Å². The Kier molecular flexibility index (Phi) is 5.14. The maximum Gasteiger partial charge on any atom is 0.251 e. The van der Waals surface area contributed by atoms with E-state index in [1.807, 2.05) is 13.8 Å². The Balaban J connectivity index is 2.62. The van der Waals surface area contributed by atoms with Crippen LogP contribution >= 0.6 is 0 Å². The summed E-state index contributed by atoms with van der Waals surface area (Å²) in [5.41, 5.74) is 0.672. The highest BCUT2D eigenvalue weighted by Crippen LogP contribution is 2.06. The summed E-state index contributed by atoms with van der Waals surface area (Å²) in [6.45, 7) is 6.00. The number of rotatable bonds is 6. The second kappa shape index (κ2) is 6.40. The van der Waals surface area contributed by atoms with Gasteiger partial charge in [0.15, 0.2) is 0 Å². The monoisotopic (exact) mass is 225 g/mol. The zero-order chi connectivity index (χ0) is 12.0. The summed E-state index contributed by atoms with van der Waals surface area (Å²) in [7, 11) is 1.66. The van der Waals surface area contributed by atoms with Gasteiger partial charge in [0.25, 0.3) is 5.56 Å². The van der Waals surface area contributed by atoms with Crippen molar-refractivity contribution < 1.29 is 4.74 Å². The minimum absolute atomic E-state index is 0.0951. The van der Waals surface area contributed by atoms with Crippen LogP contribution in [0.1, 0.15) is 31.3 Å². The summed E-state index contributed by atoms with van der Waals surface area (Å²) >= 11 is 0. The third-order valence-electron chi connectivity index (χ3n) is 2.15. The zero-order valence-electron chi connectivity index (χ0n) is 10.0. The molecule has 0 aliphatic rings. The van der Waals surface area contributed by atoms with Crippen molar-refractivity contribution in [2.75, 3.05) is 20.3 Å². The molecule has 0 fully saturated rings. The molecule has 0 saturated carbocycles. The molecule has 0 aliphatic heterocycles. The maximum atomic E-state index is 11.4. The van der Waals surface area contributed by atoms with E-state index < -0.39 is 0 Å². The number of methoxy groups -OCH3 is 1. The van der Waals surface area contributed by atoms with E-state index in [0.717, 1.165) is 18.1 Å². The highest BCUT2D eigenvalue weighted by molar-refractivity contribution is 5.04. The van der Waals surface area contributed by atoms with E-state index in [1.54, 1.807) is 7.11 Å². The van der Waals surface area contributed by atoms with Crippen LogP contribution in [0.5, 0.6) is 0 Å². The third kappa shape index (κ3) is 4.12. The van der Waals surface area contributed by atoms with Crippen molar-refractivity contribution in [1.29, 1.82) is 0 Å². The third-order valence-corrected chi connectivity index (χ3v) is 2.15. The number of nitrogens with one attached hydrogen (secondary N) is 2. The van der Waals surface area contributed by atoms with E-state index in [2.05, 4.69) is 15.3 Å². The molecule has 5 heteroatoms. The van der Waals surface area contributed by atoms with Gasteiger partial charge < -0.3 is 15.0 Å².